The fraction of sp³-hybridized carbons (Fsp3) is 0.600. The van der Waals surface area contributed by atoms with Gasteiger partial charge in [-0.3, -0.25) is 0 Å². The molecule has 0 atom stereocenters. The normalized spacial score (nSPS) is 10.4. The number of aliphatic hydroxyl groups excluding tert-OH is 1. The van der Waals surface area contributed by atoms with Gasteiger partial charge in [0.25, 0.3) is 0 Å². The molecule has 0 aliphatic rings. The van der Waals surface area contributed by atoms with Crippen molar-refractivity contribution >= 4 is 11.8 Å². The predicted molar refractivity (Wildman–Crippen MR) is 62.2 cm³/mol. The molecule has 0 radical (unpaired) electrons. The molecule has 1 heterocycles. The van der Waals surface area contributed by atoms with Gasteiger partial charge in [-0.2, -0.15) is 4.98 Å². The topological polar surface area (TPSA) is 93.3 Å². The summed E-state index contributed by atoms with van der Waals surface area (Å²) >= 11 is 0. The standard InChI is InChI=1S/C10H18N4O2/c1-8-7-9(14-10(11)13-8)12-3-2-5-16-6-4-15/h7,15H,2-6H2,1H3,(H3,11,12,13,14). The predicted octanol–water partition coefficient (Wildman–Crippen LogP) is 0.178. The lowest BCUT2D eigenvalue weighted by molar-refractivity contribution is 0.0922. The van der Waals surface area contributed by atoms with Crippen LogP contribution in [0.2, 0.25) is 0 Å². The van der Waals surface area contributed by atoms with E-state index in [-0.39, 0.29) is 12.6 Å². The molecule has 0 aliphatic carbocycles. The average molecular weight is 226 g/mol. The second-order valence-electron chi connectivity index (χ2n) is 3.37. The van der Waals surface area contributed by atoms with Crippen LogP contribution in [-0.4, -0.2) is 41.4 Å². The lowest BCUT2D eigenvalue weighted by atomic mass is 10.4. The molecule has 0 unspecified atom stereocenters. The fourth-order valence-electron chi connectivity index (χ4n) is 1.24. The van der Waals surface area contributed by atoms with Crippen LogP contribution in [0.25, 0.3) is 0 Å². The second kappa shape index (κ2) is 6.97. The van der Waals surface area contributed by atoms with Crippen LogP contribution in [0.15, 0.2) is 6.07 Å². The summed E-state index contributed by atoms with van der Waals surface area (Å²) in [5.41, 5.74) is 6.35. The van der Waals surface area contributed by atoms with Crippen LogP contribution in [0.1, 0.15) is 12.1 Å². The summed E-state index contributed by atoms with van der Waals surface area (Å²) in [4.78, 5) is 8.02. The van der Waals surface area contributed by atoms with E-state index in [9.17, 15) is 0 Å². The maximum atomic E-state index is 8.49. The van der Waals surface area contributed by atoms with E-state index in [2.05, 4.69) is 15.3 Å². The summed E-state index contributed by atoms with van der Waals surface area (Å²) in [5.74, 6) is 1.01. The Morgan fingerprint density at radius 2 is 2.25 bits per heavy atom. The largest absolute Gasteiger partial charge is 0.394 e. The van der Waals surface area contributed by atoms with Crippen molar-refractivity contribution in [3.8, 4) is 0 Å². The van der Waals surface area contributed by atoms with Crippen molar-refractivity contribution in [1.82, 2.24) is 9.97 Å². The van der Waals surface area contributed by atoms with Gasteiger partial charge in [0.15, 0.2) is 0 Å². The highest BCUT2D eigenvalue weighted by Crippen LogP contribution is 2.06. The van der Waals surface area contributed by atoms with E-state index in [1.54, 1.807) is 0 Å². The number of aromatic nitrogens is 2. The molecule has 1 aromatic rings. The number of nitrogens with two attached hydrogens (primary N) is 1. The highest BCUT2D eigenvalue weighted by Gasteiger charge is 1.98. The number of anilines is 2. The average Bonchev–Trinajstić information content (AvgIpc) is 2.22. The number of aryl methyl sites for hydroxylation is 1. The van der Waals surface area contributed by atoms with E-state index in [0.29, 0.717) is 13.2 Å². The number of ether oxygens (including phenoxy) is 1. The molecule has 0 amide bonds. The summed E-state index contributed by atoms with van der Waals surface area (Å²) in [7, 11) is 0. The van der Waals surface area contributed by atoms with Gasteiger partial charge in [-0.05, 0) is 13.3 Å². The highest BCUT2D eigenvalue weighted by atomic mass is 16.5. The van der Waals surface area contributed by atoms with Gasteiger partial charge in [-0.15, -0.1) is 0 Å². The monoisotopic (exact) mass is 226 g/mol. The van der Waals surface area contributed by atoms with Crippen LogP contribution in [0.4, 0.5) is 11.8 Å². The maximum absolute atomic E-state index is 8.49. The maximum Gasteiger partial charge on any atom is 0.222 e. The first-order valence-corrected chi connectivity index (χ1v) is 5.26. The molecule has 0 saturated heterocycles. The third kappa shape index (κ3) is 4.90. The first-order valence-electron chi connectivity index (χ1n) is 5.26. The summed E-state index contributed by atoms with van der Waals surface area (Å²) in [5, 5.41) is 11.6. The Kier molecular flexibility index (Phi) is 5.52. The molecule has 0 fully saturated rings. The number of nitrogens with zero attached hydrogens (tertiary/aromatic N) is 2. The highest BCUT2D eigenvalue weighted by molar-refractivity contribution is 5.39. The van der Waals surface area contributed by atoms with Crippen molar-refractivity contribution in [2.45, 2.75) is 13.3 Å². The van der Waals surface area contributed by atoms with Crippen LogP contribution < -0.4 is 11.1 Å². The van der Waals surface area contributed by atoms with Crippen molar-refractivity contribution in [1.29, 1.82) is 0 Å². The quantitative estimate of drug-likeness (QED) is 0.574. The van der Waals surface area contributed by atoms with Crippen molar-refractivity contribution in [2.75, 3.05) is 37.4 Å². The molecule has 0 bridgehead atoms. The van der Waals surface area contributed by atoms with Gasteiger partial charge in [-0.25, -0.2) is 4.98 Å². The molecule has 1 rings (SSSR count). The summed E-state index contributed by atoms with van der Waals surface area (Å²) in [6.07, 6.45) is 0.850. The Bertz CT molecular complexity index is 299. The molecule has 1 aromatic heterocycles. The number of aliphatic hydroxyl groups is 1. The third-order valence-corrected chi connectivity index (χ3v) is 1.88. The van der Waals surface area contributed by atoms with E-state index in [1.165, 1.54) is 0 Å². The molecule has 90 valence electrons. The summed E-state index contributed by atoms with van der Waals surface area (Å²) in [6, 6.07) is 1.84. The molecular weight excluding hydrogens is 208 g/mol. The van der Waals surface area contributed by atoms with Gasteiger partial charge in [-0.1, -0.05) is 0 Å². The van der Waals surface area contributed by atoms with Crippen LogP contribution in [0.5, 0.6) is 0 Å². The van der Waals surface area contributed by atoms with Gasteiger partial charge in [0, 0.05) is 24.9 Å². The summed E-state index contributed by atoms with van der Waals surface area (Å²) in [6.45, 7) is 3.69. The Balaban J connectivity index is 2.21. The Morgan fingerprint density at radius 1 is 1.44 bits per heavy atom. The van der Waals surface area contributed by atoms with Crippen molar-refractivity contribution in [2.24, 2.45) is 0 Å². The minimum Gasteiger partial charge on any atom is -0.394 e. The first kappa shape index (κ1) is 12.7. The van der Waals surface area contributed by atoms with Crippen LogP contribution in [0, 0.1) is 6.92 Å². The molecule has 4 N–H and O–H groups in total. The second-order valence-corrected chi connectivity index (χ2v) is 3.37. The van der Waals surface area contributed by atoms with E-state index in [0.717, 1.165) is 24.5 Å². The molecule has 6 heteroatoms. The van der Waals surface area contributed by atoms with Crippen molar-refractivity contribution < 1.29 is 9.84 Å². The van der Waals surface area contributed by atoms with Gasteiger partial charge in [0.05, 0.1) is 13.2 Å². The van der Waals surface area contributed by atoms with Crippen LogP contribution in [0.3, 0.4) is 0 Å². The Morgan fingerprint density at radius 3 is 2.94 bits per heavy atom. The Hall–Kier alpha value is -1.40. The molecule has 0 aliphatic heterocycles. The lowest BCUT2D eigenvalue weighted by Gasteiger charge is -2.06. The van der Waals surface area contributed by atoms with Gasteiger partial charge in [0.1, 0.15) is 5.82 Å². The van der Waals surface area contributed by atoms with Crippen molar-refractivity contribution in [3.05, 3.63) is 11.8 Å². The molecule has 0 aromatic carbocycles. The van der Waals surface area contributed by atoms with Crippen molar-refractivity contribution in [3.63, 3.8) is 0 Å². The van der Waals surface area contributed by atoms with Crippen LogP contribution >= 0.6 is 0 Å². The number of nitrogen functional groups attached to an aromatic ring is 1. The third-order valence-electron chi connectivity index (χ3n) is 1.88. The molecule has 6 nitrogen and oxygen atoms in total. The smallest absolute Gasteiger partial charge is 0.222 e. The minimum absolute atomic E-state index is 0.0646. The summed E-state index contributed by atoms with van der Waals surface area (Å²) < 4.78 is 5.12. The number of hydrogen-bond acceptors (Lipinski definition) is 6. The minimum atomic E-state index is 0.0646. The zero-order valence-corrected chi connectivity index (χ0v) is 9.44. The Labute approximate surface area is 94.9 Å². The lowest BCUT2D eigenvalue weighted by Crippen LogP contribution is -2.09. The van der Waals surface area contributed by atoms with E-state index in [1.807, 2.05) is 13.0 Å². The van der Waals surface area contributed by atoms with Gasteiger partial charge in [0.2, 0.25) is 5.95 Å². The number of nitrogens with one attached hydrogen (secondary N) is 1. The van der Waals surface area contributed by atoms with Gasteiger partial charge >= 0.3 is 0 Å². The molecule has 0 saturated carbocycles. The zero-order valence-electron chi connectivity index (χ0n) is 9.44. The molecule has 0 spiro atoms. The SMILES string of the molecule is Cc1cc(NCCCOCCO)nc(N)n1. The van der Waals surface area contributed by atoms with E-state index in [4.69, 9.17) is 15.6 Å². The zero-order chi connectivity index (χ0) is 11.8. The first-order chi connectivity index (χ1) is 7.72. The fourth-order valence-corrected chi connectivity index (χ4v) is 1.24. The van der Waals surface area contributed by atoms with E-state index < -0.39 is 0 Å². The van der Waals surface area contributed by atoms with E-state index >= 15 is 0 Å². The van der Waals surface area contributed by atoms with Gasteiger partial charge < -0.3 is 20.9 Å². The number of hydrogen-bond donors (Lipinski definition) is 3. The number of rotatable bonds is 7. The molecular formula is C10H18N4O2. The molecule has 16 heavy (non-hydrogen) atoms. The van der Waals surface area contributed by atoms with Crippen LogP contribution in [-0.2, 0) is 4.74 Å².